The molecule has 3 atom stereocenters. The van der Waals surface area contributed by atoms with Crippen LogP contribution in [0.2, 0.25) is 0 Å². The van der Waals surface area contributed by atoms with Gasteiger partial charge in [-0.1, -0.05) is 20.8 Å². The van der Waals surface area contributed by atoms with Gasteiger partial charge in [0.2, 0.25) is 5.91 Å². The highest BCUT2D eigenvalue weighted by Crippen LogP contribution is 2.43. The molecule has 3 N–H and O–H groups in total. The van der Waals surface area contributed by atoms with Crippen molar-refractivity contribution in [3.8, 4) is 0 Å². The second kappa shape index (κ2) is 5.57. The summed E-state index contributed by atoms with van der Waals surface area (Å²) < 4.78 is 5.67. The van der Waals surface area contributed by atoms with Gasteiger partial charge < -0.3 is 15.8 Å². The van der Waals surface area contributed by atoms with Gasteiger partial charge in [0.25, 0.3) is 0 Å². The maximum atomic E-state index is 12.3. The molecule has 1 amide bonds. The molecule has 0 heterocycles. The van der Waals surface area contributed by atoms with Crippen molar-refractivity contribution in [2.24, 2.45) is 16.6 Å². The molecule has 4 nitrogen and oxygen atoms in total. The van der Waals surface area contributed by atoms with Gasteiger partial charge >= 0.3 is 0 Å². The molecule has 0 aromatic heterocycles. The molecule has 0 radical (unpaired) electrons. The van der Waals surface area contributed by atoms with Crippen LogP contribution >= 0.6 is 0 Å². The van der Waals surface area contributed by atoms with Crippen molar-refractivity contribution in [3.05, 3.63) is 0 Å². The van der Waals surface area contributed by atoms with E-state index in [9.17, 15) is 4.79 Å². The predicted molar refractivity (Wildman–Crippen MR) is 73.2 cm³/mol. The van der Waals surface area contributed by atoms with Crippen molar-refractivity contribution in [2.45, 2.75) is 59.6 Å². The Bertz CT molecular complexity index is 298. The maximum absolute atomic E-state index is 12.3. The van der Waals surface area contributed by atoms with Gasteiger partial charge in [-0.25, -0.2) is 0 Å². The second-order valence-corrected chi connectivity index (χ2v) is 6.15. The average Bonchev–Trinajstić information content (AvgIpc) is 2.36. The minimum Gasteiger partial charge on any atom is -0.378 e. The van der Waals surface area contributed by atoms with E-state index in [1.807, 2.05) is 20.8 Å². The van der Waals surface area contributed by atoms with E-state index in [4.69, 9.17) is 10.5 Å². The summed E-state index contributed by atoms with van der Waals surface area (Å²) >= 11 is 0. The van der Waals surface area contributed by atoms with E-state index < -0.39 is 5.41 Å². The lowest BCUT2D eigenvalue weighted by atomic mass is 9.64. The largest absolute Gasteiger partial charge is 0.378 e. The van der Waals surface area contributed by atoms with E-state index in [2.05, 4.69) is 19.2 Å². The van der Waals surface area contributed by atoms with Crippen LogP contribution in [0.1, 0.15) is 47.5 Å². The number of carbonyl (C=O) groups is 1. The van der Waals surface area contributed by atoms with Crippen molar-refractivity contribution < 1.29 is 9.53 Å². The third kappa shape index (κ3) is 2.69. The molecule has 1 aliphatic rings. The fraction of sp³-hybridized carbons (Fsp3) is 0.929. The smallest absolute Gasteiger partial charge is 0.227 e. The molecular weight excluding hydrogens is 228 g/mol. The summed E-state index contributed by atoms with van der Waals surface area (Å²) in [7, 11) is 0. The Morgan fingerprint density at radius 2 is 2.11 bits per heavy atom. The summed E-state index contributed by atoms with van der Waals surface area (Å²) in [5.41, 5.74) is 5.27. The van der Waals surface area contributed by atoms with Gasteiger partial charge in [-0.05, 0) is 26.7 Å². The second-order valence-electron chi connectivity index (χ2n) is 6.15. The van der Waals surface area contributed by atoms with Crippen LogP contribution in [-0.4, -0.2) is 31.2 Å². The zero-order chi connectivity index (χ0) is 14.0. The molecule has 0 saturated heterocycles. The number of carbonyl (C=O) groups excluding carboxylic acids is 1. The molecule has 0 aromatic rings. The van der Waals surface area contributed by atoms with Crippen molar-refractivity contribution in [2.75, 3.05) is 13.2 Å². The molecule has 1 aliphatic carbocycles. The molecule has 3 unspecified atom stereocenters. The zero-order valence-corrected chi connectivity index (χ0v) is 12.4. The summed E-state index contributed by atoms with van der Waals surface area (Å²) in [5, 5.41) is 3.14. The first kappa shape index (κ1) is 15.4. The van der Waals surface area contributed by atoms with Gasteiger partial charge in [0.15, 0.2) is 0 Å². The minimum absolute atomic E-state index is 0.00885. The molecule has 18 heavy (non-hydrogen) atoms. The molecule has 4 heteroatoms. The molecule has 0 bridgehead atoms. The van der Waals surface area contributed by atoms with Gasteiger partial charge in [0.1, 0.15) is 0 Å². The van der Waals surface area contributed by atoms with Gasteiger partial charge in [0.05, 0.1) is 11.5 Å². The zero-order valence-electron chi connectivity index (χ0n) is 12.4. The Kier molecular flexibility index (Phi) is 4.78. The van der Waals surface area contributed by atoms with Crippen LogP contribution in [0, 0.1) is 10.8 Å². The lowest BCUT2D eigenvalue weighted by Gasteiger charge is -2.52. The molecule has 1 saturated carbocycles. The molecular formula is C14H28N2O2. The summed E-state index contributed by atoms with van der Waals surface area (Å²) in [5.74, 6) is 0.0699. The Labute approximate surface area is 111 Å². The van der Waals surface area contributed by atoms with E-state index >= 15 is 0 Å². The van der Waals surface area contributed by atoms with E-state index in [0.717, 1.165) is 19.4 Å². The highest BCUT2D eigenvalue weighted by molar-refractivity contribution is 5.82. The number of hydrogen-bond donors (Lipinski definition) is 2. The number of nitrogens with two attached hydrogens (primary N) is 1. The third-order valence-corrected chi connectivity index (χ3v) is 4.63. The van der Waals surface area contributed by atoms with Crippen molar-refractivity contribution in [1.29, 1.82) is 0 Å². The Hall–Kier alpha value is -0.610. The van der Waals surface area contributed by atoms with Crippen molar-refractivity contribution in [1.82, 2.24) is 5.32 Å². The van der Waals surface area contributed by atoms with Gasteiger partial charge in [-0.15, -0.1) is 0 Å². The van der Waals surface area contributed by atoms with E-state index in [-0.39, 0.29) is 23.5 Å². The monoisotopic (exact) mass is 256 g/mol. The standard InChI is InChI=1S/C14H28N2O2/c1-6-14(5,9-15)12(17)16-10-8-11(18-7-2)13(10,3)4/h10-11H,6-9,15H2,1-5H3,(H,16,17). The van der Waals surface area contributed by atoms with E-state index in [1.54, 1.807) is 0 Å². The van der Waals surface area contributed by atoms with Crippen LogP contribution in [0.4, 0.5) is 0 Å². The van der Waals surface area contributed by atoms with Crippen LogP contribution in [0.25, 0.3) is 0 Å². The summed E-state index contributed by atoms with van der Waals surface area (Å²) in [6, 6.07) is 0.193. The predicted octanol–water partition coefficient (Wildman–Crippen LogP) is 1.68. The molecule has 1 fully saturated rings. The minimum atomic E-state index is -0.452. The van der Waals surface area contributed by atoms with Crippen LogP contribution in [0.5, 0.6) is 0 Å². The van der Waals surface area contributed by atoms with E-state index in [0.29, 0.717) is 6.54 Å². The Balaban J connectivity index is 2.58. The summed E-state index contributed by atoms with van der Waals surface area (Å²) in [4.78, 5) is 12.3. The molecule has 106 valence electrons. The normalized spacial score (nSPS) is 29.2. The van der Waals surface area contributed by atoms with Gasteiger partial charge in [-0.2, -0.15) is 0 Å². The molecule has 0 spiro atoms. The quantitative estimate of drug-likeness (QED) is 0.760. The Morgan fingerprint density at radius 3 is 2.50 bits per heavy atom. The highest BCUT2D eigenvalue weighted by Gasteiger charge is 2.50. The fourth-order valence-corrected chi connectivity index (χ4v) is 2.34. The van der Waals surface area contributed by atoms with Gasteiger partial charge in [0, 0.05) is 24.6 Å². The van der Waals surface area contributed by atoms with Crippen molar-refractivity contribution in [3.63, 3.8) is 0 Å². The van der Waals surface area contributed by atoms with Crippen LogP contribution in [0.3, 0.4) is 0 Å². The summed E-state index contributed by atoms with van der Waals surface area (Å²) in [6.45, 7) is 11.3. The van der Waals surface area contributed by atoms with Crippen LogP contribution < -0.4 is 11.1 Å². The summed E-state index contributed by atoms with van der Waals surface area (Å²) in [6.07, 6.45) is 1.91. The average molecular weight is 256 g/mol. The Morgan fingerprint density at radius 1 is 1.50 bits per heavy atom. The first-order chi connectivity index (χ1) is 8.31. The SMILES string of the molecule is CCOC1CC(NC(=O)C(C)(CC)CN)C1(C)C. The third-order valence-electron chi connectivity index (χ3n) is 4.63. The van der Waals surface area contributed by atoms with Crippen LogP contribution in [0.15, 0.2) is 0 Å². The first-order valence-electron chi connectivity index (χ1n) is 6.94. The van der Waals surface area contributed by atoms with Crippen LogP contribution in [-0.2, 0) is 9.53 Å². The lowest BCUT2D eigenvalue weighted by molar-refractivity contribution is -0.143. The first-order valence-corrected chi connectivity index (χ1v) is 6.94. The topological polar surface area (TPSA) is 64.3 Å². The lowest BCUT2D eigenvalue weighted by Crippen LogP contribution is -2.64. The maximum Gasteiger partial charge on any atom is 0.227 e. The molecule has 0 aliphatic heterocycles. The van der Waals surface area contributed by atoms with Gasteiger partial charge in [-0.3, -0.25) is 4.79 Å². The number of amides is 1. The van der Waals surface area contributed by atoms with E-state index in [1.165, 1.54) is 0 Å². The molecule has 0 aromatic carbocycles. The number of nitrogens with one attached hydrogen (secondary N) is 1. The number of hydrogen-bond acceptors (Lipinski definition) is 3. The highest BCUT2D eigenvalue weighted by atomic mass is 16.5. The van der Waals surface area contributed by atoms with Crippen molar-refractivity contribution >= 4 is 5.91 Å². The number of rotatable bonds is 6. The fourth-order valence-electron chi connectivity index (χ4n) is 2.34. The number of ether oxygens (including phenoxy) is 1. The molecule has 1 rings (SSSR count).